The summed E-state index contributed by atoms with van der Waals surface area (Å²) in [6.07, 6.45) is 5.48. The second kappa shape index (κ2) is 4.75. The van der Waals surface area contributed by atoms with Crippen molar-refractivity contribution in [2.45, 2.75) is 20.8 Å². The Balaban J connectivity index is 4.61. The van der Waals surface area contributed by atoms with Gasteiger partial charge in [0.15, 0.2) is 0 Å². The van der Waals surface area contributed by atoms with Crippen molar-refractivity contribution in [3.63, 3.8) is 0 Å². The molecule has 0 aromatic carbocycles. The standard InChI is InChI=1S/C11H19NO/c1-6-10(13-5)9(12)7-8-11(2,3)4/h6-8H,1,12H2,2-5H3/b8-7+,10-9-. The third kappa shape index (κ3) is 5.12. The summed E-state index contributed by atoms with van der Waals surface area (Å²) in [5, 5.41) is 0. The highest BCUT2D eigenvalue weighted by atomic mass is 16.5. The fourth-order valence-corrected chi connectivity index (χ4v) is 0.741. The molecule has 2 nitrogen and oxygen atoms in total. The molecule has 0 rings (SSSR count). The van der Waals surface area contributed by atoms with E-state index in [4.69, 9.17) is 10.5 Å². The van der Waals surface area contributed by atoms with Gasteiger partial charge in [-0.2, -0.15) is 0 Å². The molecule has 0 bridgehead atoms. The Hall–Kier alpha value is -1.18. The molecule has 74 valence electrons. The van der Waals surface area contributed by atoms with Crippen LogP contribution in [0.1, 0.15) is 20.8 Å². The highest BCUT2D eigenvalue weighted by Crippen LogP contribution is 2.15. The summed E-state index contributed by atoms with van der Waals surface area (Å²) in [4.78, 5) is 0. The molecule has 0 heterocycles. The maximum atomic E-state index is 5.74. The van der Waals surface area contributed by atoms with Crippen LogP contribution in [0.4, 0.5) is 0 Å². The SMILES string of the molecule is C=C/C(OC)=C(N)\C=C\C(C)(C)C. The average molecular weight is 181 g/mol. The summed E-state index contributed by atoms with van der Waals surface area (Å²) in [5.74, 6) is 0.612. The molecule has 0 saturated carbocycles. The van der Waals surface area contributed by atoms with Gasteiger partial charge in [-0.3, -0.25) is 0 Å². The van der Waals surface area contributed by atoms with Gasteiger partial charge in [-0.05, 0) is 17.6 Å². The number of ether oxygens (including phenoxy) is 1. The van der Waals surface area contributed by atoms with Crippen molar-refractivity contribution in [2.24, 2.45) is 11.1 Å². The average Bonchev–Trinajstić information content (AvgIpc) is 2.02. The number of nitrogens with two attached hydrogens (primary N) is 1. The molecule has 0 unspecified atom stereocenters. The lowest BCUT2D eigenvalue weighted by atomic mass is 9.96. The van der Waals surface area contributed by atoms with Crippen LogP contribution in [-0.4, -0.2) is 7.11 Å². The van der Waals surface area contributed by atoms with E-state index in [1.165, 1.54) is 0 Å². The molecule has 0 saturated heterocycles. The lowest BCUT2D eigenvalue weighted by Gasteiger charge is -2.11. The molecule has 0 aliphatic carbocycles. The molecular weight excluding hydrogens is 162 g/mol. The van der Waals surface area contributed by atoms with Crippen LogP contribution >= 0.6 is 0 Å². The highest BCUT2D eigenvalue weighted by Gasteiger charge is 2.04. The first-order valence-electron chi connectivity index (χ1n) is 4.26. The number of allylic oxidation sites excluding steroid dienone is 3. The minimum atomic E-state index is 0.130. The second-order valence-electron chi connectivity index (χ2n) is 3.93. The summed E-state index contributed by atoms with van der Waals surface area (Å²) >= 11 is 0. The summed E-state index contributed by atoms with van der Waals surface area (Å²) in [7, 11) is 1.58. The molecule has 0 atom stereocenters. The van der Waals surface area contributed by atoms with Gasteiger partial charge >= 0.3 is 0 Å². The van der Waals surface area contributed by atoms with Gasteiger partial charge < -0.3 is 10.5 Å². The molecule has 0 aromatic heterocycles. The third-order valence-corrected chi connectivity index (χ3v) is 1.45. The molecular formula is C11H19NO. The minimum Gasteiger partial charge on any atom is -0.495 e. The zero-order valence-electron chi connectivity index (χ0n) is 8.92. The van der Waals surface area contributed by atoms with Gasteiger partial charge in [-0.25, -0.2) is 0 Å². The van der Waals surface area contributed by atoms with E-state index in [0.29, 0.717) is 11.5 Å². The van der Waals surface area contributed by atoms with Crippen molar-refractivity contribution < 1.29 is 4.74 Å². The van der Waals surface area contributed by atoms with Gasteiger partial charge in [0, 0.05) is 0 Å². The Morgan fingerprint density at radius 1 is 1.38 bits per heavy atom. The molecule has 0 amide bonds. The monoisotopic (exact) mass is 181 g/mol. The van der Waals surface area contributed by atoms with Crippen molar-refractivity contribution in [2.75, 3.05) is 7.11 Å². The Bertz CT molecular complexity index is 231. The van der Waals surface area contributed by atoms with Gasteiger partial charge in [0.05, 0.1) is 12.8 Å². The first-order chi connectivity index (χ1) is 5.90. The van der Waals surface area contributed by atoms with Crippen LogP contribution in [0.3, 0.4) is 0 Å². The van der Waals surface area contributed by atoms with Gasteiger partial charge in [0.25, 0.3) is 0 Å². The summed E-state index contributed by atoms with van der Waals surface area (Å²) in [5.41, 5.74) is 6.48. The van der Waals surface area contributed by atoms with E-state index in [2.05, 4.69) is 27.4 Å². The highest BCUT2D eigenvalue weighted by molar-refractivity contribution is 5.26. The van der Waals surface area contributed by atoms with Crippen LogP contribution in [0.15, 0.2) is 36.3 Å². The molecule has 0 radical (unpaired) electrons. The molecule has 0 spiro atoms. The maximum Gasteiger partial charge on any atom is 0.141 e. The van der Waals surface area contributed by atoms with E-state index < -0.39 is 0 Å². The first kappa shape index (κ1) is 11.8. The molecule has 13 heavy (non-hydrogen) atoms. The van der Waals surface area contributed by atoms with E-state index in [0.717, 1.165) is 0 Å². The molecule has 0 aliphatic rings. The lowest BCUT2D eigenvalue weighted by Crippen LogP contribution is -2.03. The van der Waals surface area contributed by atoms with Crippen molar-refractivity contribution in [1.82, 2.24) is 0 Å². The lowest BCUT2D eigenvalue weighted by molar-refractivity contribution is 0.303. The molecule has 2 heteroatoms. The van der Waals surface area contributed by atoms with E-state index in [9.17, 15) is 0 Å². The number of methoxy groups -OCH3 is 1. The van der Waals surface area contributed by atoms with Crippen LogP contribution in [0.2, 0.25) is 0 Å². The van der Waals surface area contributed by atoms with E-state index in [-0.39, 0.29) is 5.41 Å². The van der Waals surface area contributed by atoms with E-state index in [1.807, 2.05) is 12.2 Å². The zero-order chi connectivity index (χ0) is 10.5. The second-order valence-corrected chi connectivity index (χ2v) is 3.93. The first-order valence-corrected chi connectivity index (χ1v) is 4.26. The predicted octanol–water partition coefficient (Wildman–Crippen LogP) is 2.59. The maximum absolute atomic E-state index is 5.74. The van der Waals surface area contributed by atoms with E-state index in [1.54, 1.807) is 13.2 Å². The zero-order valence-corrected chi connectivity index (χ0v) is 8.92. The quantitative estimate of drug-likeness (QED) is 0.536. The Morgan fingerprint density at radius 2 is 1.92 bits per heavy atom. The molecule has 0 fully saturated rings. The topological polar surface area (TPSA) is 35.2 Å². The van der Waals surface area contributed by atoms with Crippen molar-refractivity contribution in [1.29, 1.82) is 0 Å². The fraction of sp³-hybridized carbons (Fsp3) is 0.455. The van der Waals surface area contributed by atoms with Crippen LogP contribution in [0.25, 0.3) is 0 Å². The molecule has 0 aliphatic heterocycles. The van der Waals surface area contributed by atoms with Crippen LogP contribution in [0.5, 0.6) is 0 Å². The van der Waals surface area contributed by atoms with Gasteiger partial charge in [0.2, 0.25) is 0 Å². The number of hydrogen-bond donors (Lipinski definition) is 1. The Morgan fingerprint density at radius 3 is 2.23 bits per heavy atom. The molecule has 2 N–H and O–H groups in total. The smallest absolute Gasteiger partial charge is 0.141 e. The van der Waals surface area contributed by atoms with Crippen LogP contribution in [-0.2, 0) is 4.74 Å². The summed E-state index contributed by atoms with van der Waals surface area (Å²) in [6, 6.07) is 0. The molecule has 0 aromatic rings. The fourth-order valence-electron chi connectivity index (χ4n) is 0.741. The largest absolute Gasteiger partial charge is 0.495 e. The van der Waals surface area contributed by atoms with Crippen LogP contribution < -0.4 is 5.73 Å². The van der Waals surface area contributed by atoms with Gasteiger partial charge in [-0.15, -0.1) is 0 Å². The summed E-state index contributed by atoms with van der Waals surface area (Å²) in [6.45, 7) is 9.93. The van der Waals surface area contributed by atoms with Crippen molar-refractivity contribution >= 4 is 0 Å². The van der Waals surface area contributed by atoms with Crippen LogP contribution in [0, 0.1) is 5.41 Å². The van der Waals surface area contributed by atoms with Gasteiger partial charge in [0.1, 0.15) is 5.76 Å². The summed E-state index contributed by atoms with van der Waals surface area (Å²) < 4.78 is 5.01. The van der Waals surface area contributed by atoms with Crippen molar-refractivity contribution in [3.8, 4) is 0 Å². The minimum absolute atomic E-state index is 0.130. The number of rotatable bonds is 3. The van der Waals surface area contributed by atoms with Crippen molar-refractivity contribution in [3.05, 3.63) is 36.3 Å². The normalized spacial score (nSPS) is 14.2. The van der Waals surface area contributed by atoms with E-state index >= 15 is 0 Å². The van der Waals surface area contributed by atoms with Gasteiger partial charge in [-0.1, -0.05) is 33.4 Å². The third-order valence-electron chi connectivity index (χ3n) is 1.45. The Kier molecular flexibility index (Phi) is 4.32. The predicted molar refractivity (Wildman–Crippen MR) is 57.0 cm³/mol. The number of hydrogen-bond acceptors (Lipinski definition) is 2. The Labute approximate surface area is 80.8 Å².